The standard InChI is InChI=1S/C12H18N4O2/c1-3-9-12(18)14-8-11(17)16(9)6-4-10-13-5-7-15(10)2/h5,7,9H,3-4,6,8H2,1-2H3,(H,14,18). The Hall–Kier alpha value is -1.85. The van der Waals surface area contributed by atoms with E-state index in [1.807, 2.05) is 24.7 Å². The molecule has 1 saturated heterocycles. The Morgan fingerprint density at radius 3 is 2.89 bits per heavy atom. The molecule has 6 heteroatoms. The number of nitrogens with one attached hydrogen (secondary N) is 1. The quantitative estimate of drug-likeness (QED) is 0.797. The Labute approximate surface area is 106 Å². The van der Waals surface area contributed by atoms with E-state index in [1.165, 1.54) is 0 Å². The molecule has 0 saturated carbocycles. The number of carbonyl (C=O) groups excluding carboxylic acids is 2. The van der Waals surface area contributed by atoms with Crippen LogP contribution in [0.25, 0.3) is 0 Å². The molecule has 1 aromatic heterocycles. The summed E-state index contributed by atoms with van der Waals surface area (Å²) in [6.45, 7) is 2.56. The van der Waals surface area contributed by atoms with Gasteiger partial charge in [-0.3, -0.25) is 9.59 Å². The molecule has 0 aliphatic carbocycles. The van der Waals surface area contributed by atoms with Gasteiger partial charge in [-0.05, 0) is 6.42 Å². The van der Waals surface area contributed by atoms with Gasteiger partial charge in [0.05, 0.1) is 6.54 Å². The van der Waals surface area contributed by atoms with Crippen LogP contribution >= 0.6 is 0 Å². The first kappa shape index (κ1) is 12.6. The molecule has 1 aliphatic heterocycles. The van der Waals surface area contributed by atoms with Gasteiger partial charge >= 0.3 is 0 Å². The number of imidazole rings is 1. The van der Waals surface area contributed by atoms with E-state index in [0.717, 1.165) is 5.82 Å². The number of amides is 2. The number of rotatable bonds is 4. The van der Waals surface area contributed by atoms with Crippen molar-refractivity contribution in [3.8, 4) is 0 Å². The molecule has 1 N–H and O–H groups in total. The van der Waals surface area contributed by atoms with Crippen molar-refractivity contribution in [1.29, 1.82) is 0 Å². The summed E-state index contributed by atoms with van der Waals surface area (Å²) >= 11 is 0. The van der Waals surface area contributed by atoms with Crippen LogP contribution in [-0.2, 0) is 23.1 Å². The molecule has 2 heterocycles. The smallest absolute Gasteiger partial charge is 0.243 e. The van der Waals surface area contributed by atoms with E-state index in [2.05, 4.69) is 10.3 Å². The normalized spacial score (nSPS) is 20.1. The van der Waals surface area contributed by atoms with Gasteiger partial charge in [-0.1, -0.05) is 6.92 Å². The van der Waals surface area contributed by atoms with Gasteiger partial charge in [0.1, 0.15) is 11.9 Å². The van der Waals surface area contributed by atoms with Crippen LogP contribution in [0.3, 0.4) is 0 Å². The molecule has 6 nitrogen and oxygen atoms in total. The van der Waals surface area contributed by atoms with Crippen LogP contribution in [0.2, 0.25) is 0 Å². The third-order valence-corrected chi connectivity index (χ3v) is 3.30. The minimum absolute atomic E-state index is 0.0179. The lowest BCUT2D eigenvalue weighted by atomic mass is 10.1. The number of nitrogens with zero attached hydrogens (tertiary/aromatic N) is 3. The summed E-state index contributed by atoms with van der Waals surface area (Å²) in [7, 11) is 1.92. The summed E-state index contributed by atoms with van der Waals surface area (Å²) in [4.78, 5) is 29.4. The zero-order valence-electron chi connectivity index (χ0n) is 10.7. The van der Waals surface area contributed by atoms with E-state index in [-0.39, 0.29) is 24.4 Å². The third kappa shape index (κ3) is 2.37. The average Bonchev–Trinajstić information content (AvgIpc) is 2.76. The maximum atomic E-state index is 11.8. The van der Waals surface area contributed by atoms with Crippen LogP contribution < -0.4 is 5.32 Å². The highest BCUT2D eigenvalue weighted by molar-refractivity contribution is 5.94. The number of piperazine rings is 1. The van der Waals surface area contributed by atoms with Gasteiger partial charge in [0, 0.05) is 32.4 Å². The molecule has 1 fully saturated rings. The first-order chi connectivity index (χ1) is 8.63. The molecule has 0 spiro atoms. The van der Waals surface area contributed by atoms with Crippen LogP contribution in [0.1, 0.15) is 19.2 Å². The fourth-order valence-electron chi connectivity index (χ4n) is 2.24. The molecule has 1 atom stereocenters. The van der Waals surface area contributed by atoms with Gasteiger partial charge in [0.2, 0.25) is 11.8 Å². The van der Waals surface area contributed by atoms with Gasteiger partial charge < -0.3 is 14.8 Å². The van der Waals surface area contributed by atoms with E-state index in [0.29, 0.717) is 19.4 Å². The van der Waals surface area contributed by atoms with Crippen molar-refractivity contribution in [2.45, 2.75) is 25.8 Å². The Balaban J connectivity index is 2.03. The SMILES string of the molecule is CCC1C(=O)NCC(=O)N1CCc1nccn1C. The largest absolute Gasteiger partial charge is 0.345 e. The zero-order chi connectivity index (χ0) is 13.1. The maximum absolute atomic E-state index is 11.8. The molecule has 2 rings (SSSR count). The fourth-order valence-corrected chi connectivity index (χ4v) is 2.24. The van der Waals surface area contributed by atoms with Gasteiger partial charge in [-0.2, -0.15) is 0 Å². The van der Waals surface area contributed by atoms with E-state index in [1.54, 1.807) is 11.1 Å². The third-order valence-electron chi connectivity index (χ3n) is 3.30. The first-order valence-electron chi connectivity index (χ1n) is 6.17. The molecule has 98 valence electrons. The Morgan fingerprint density at radius 1 is 1.50 bits per heavy atom. The highest BCUT2D eigenvalue weighted by atomic mass is 16.2. The molecule has 1 aliphatic rings. The van der Waals surface area contributed by atoms with Crippen molar-refractivity contribution in [3.05, 3.63) is 18.2 Å². The lowest BCUT2D eigenvalue weighted by Gasteiger charge is -2.34. The predicted octanol–water partition coefficient (Wildman–Crippen LogP) is -0.300. The van der Waals surface area contributed by atoms with Crippen molar-refractivity contribution in [2.75, 3.05) is 13.1 Å². The average molecular weight is 250 g/mol. The van der Waals surface area contributed by atoms with Gasteiger partial charge in [0.15, 0.2) is 0 Å². The summed E-state index contributed by atoms with van der Waals surface area (Å²) in [6.07, 6.45) is 4.91. The van der Waals surface area contributed by atoms with Crippen LogP contribution in [-0.4, -0.2) is 45.4 Å². The molecule has 18 heavy (non-hydrogen) atoms. The number of aryl methyl sites for hydroxylation is 1. The molecule has 0 aromatic carbocycles. The molecule has 2 amide bonds. The molecule has 1 aromatic rings. The monoisotopic (exact) mass is 250 g/mol. The van der Waals surface area contributed by atoms with Gasteiger partial charge in [-0.25, -0.2) is 4.98 Å². The highest BCUT2D eigenvalue weighted by Crippen LogP contribution is 2.10. The maximum Gasteiger partial charge on any atom is 0.243 e. The molecular formula is C12H18N4O2. The van der Waals surface area contributed by atoms with Crippen molar-refractivity contribution in [2.24, 2.45) is 7.05 Å². The minimum Gasteiger partial charge on any atom is -0.345 e. The van der Waals surface area contributed by atoms with Crippen LogP contribution in [0, 0.1) is 0 Å². The van der Waals surface area contributed by atoms with Crippen LogP contribution in [0.15, 0.2) is 12.4 Å². The molecule has 0 radical (unpaired) electrons. The van der Waals surface area contributed by atoms with E-state index in [4.69, 9.17) is 0 Å². The first-order valence-corrected chi connectivity index (χ1v) is 6.17. The number of hydrogen-bond acceptors (Lipinski definition) is 3. The topological polar surface area (TPSA) is 67.2 Å². The summed E-state index contributed by atoms with van der Waals surface area (Å²) < 4.78 is 1.93. The van der Waals surface area contributed by atoms with E-state index < -0.39 is 0 Å². The number of aromatic nitrogens is 2. The summed E-state index contributed by atoms with van der Waals surface area (Å²) in [5.41, 5.74) is 0. The minimum atomic E-state index is -0.341. The highest BCUT2D eigenvalue weighted by Gasteiger charge is 2.32. The lowest BCUT2D eigenvalue weighted by molar-refractivity contribution is -0.145. The predicted molar refractivity (Wildman–Crippen MR) is 65.7 cm³/mol. The van der Waals surface area contributed by atoms with Crippen molar-refractivity contribution in [1.82, 2.24) is 19.8 Å². The number of hydrogen-bond donors (Lipinski definition) is 1. The summed E-state index contributed by atoms with van der Waals surface area (Å²) in [6, 6.07) is -0.341. The number of carbonyl (C=O) groups is 2. The van der Waals surface area contributed by atoms with Gasteiger partial charge in [0.25, 0.3) is 0 Å². The summed E-state index contributed by atoms with van der Waals surface area (Å²) in [5, 5.41) is 2.62. The second kappa shape index (κ2) is 5.20. The molecular weight excluding hydrogens is 232 g/mol. The second-order valence-electron chi connectivity index (χ2n) is 4.43. The van der Waals surface area contributed by atoms with Crippen LogP contribution in [0.4, 0.5) is 0 Å². The van der Waals surface area contributed by atoms with Crippen LogP contribution in [0.5, 0.6) is 0 Å². The fraction of sp³-hybridized carbons (Fsp3) is 0.583. The zero-order valence-corrected chi connectivity index (χ0v) is 10.7. The van der Waals surface area contributed by atoms with Crippen molar-refractivity contribution < 1.29 is 9.59 Å². The van der Waals surface area contributed by atoms with Crippen molar-refractivity contribution in [3.63, 3.8) is 0 Å². The van der Waals surface area contributed by atoms with E-state index in [9.17, 15) is 9.59 Å². The van der Waals surface area contributed by atoms with Crippen molar-refractivity contribution >= 4 is 11.8 Å². The van der Waals surface area contributed by atoms with Gasteiger partial charge in [-0.15, -0.1) is 0 Å². The Bertz CT molecular complexity index is 455. The second-order valence-corrected chi connectivity index (χ2v) is 4.43. The summed E-state index contributed by atoms with van der Waals surface area (Å²) in [5.74, 6) is 0.844. The van der Waals surface area contributed by atoms with E-state index >= 15 is 0 Å². The lowest BCUT2D eigenvalue weighted by Crippen LogP contribution is -2.58. The Kier molecular flexibility index (Phi) is 3.64. The molecule has 1 unspecified atom stereocenters. The Morgan fingerprint density at radius 2 is 2.28 bits per heavy atom. The molecule has 0 bridgehead atoms.